The lowest BCUT2D eigenvalue weighted by molar-refractivity contribution is -0.122. The molecule has 22 heavy (non-hydrogen) atoms. The van der Waals surface area contributed by atoms with Crippen molar-refractivity contribution in [1.82, 2.24) is 0 Å². The zero-order valence-electron chi connectivity index (χ0n) is 12.7. The molecule has 2 rings (SSSR count). The van der Waals surface area contributed by atoms with E-state index in [1.807, 2.05) is 30.3 Å². The SMILES string of the molecule is CCc1ccc(O[C@H](C)C(=O)Nc2ccc(C#N)cc2)cc1. The number of carbonyl (C=O) groups excluding carboxylic acids is 1. The summed E-state index contributed by atoms with van der Waals surface area (Å²) in [4.78, 5) is 12.1. The monoisotopic (exact) mass is 294 g/mol. The van der Waals surface area contributed by atoms with Gasteiger partial charge in [-0.15, -0.1) is 0 Å². The molecular weight excluding hydrogens is 276 g/mol. The van der Waals surface area contributed by atoms with Crippen LogP contribution in [0.1, 0.15) is 25.0 Å². The fourth-order valence-electron chi connectivity index (χ4n) is 1.93. The van der Waals surface area contributed by atoms with Crippen LogP contribution >= 0.6 is 0 Å². The molecule has 4 nitrogen and oxygen atoms in total. The Hall–Kier alpha value is -2.80. The van der Waals surface area contributed by atoms with Crippen molar-refractivity contribution in [2.75, 3.05) is 5.32 Å². The quantitative estimate of drug-likeness (QED) is 0.917. The maximum Gasteiger partial charge on any atom is 0.265 e. The molecule has 0 heterocycles. The Morgan fingerprint density at radius 1 is 1.18 bits per heavy atom. The van der Waals surface area contributed by atoms with Crippen molar-refractivity contribution in [3.8, 4) is 11.8 Å². The number of anilines is 1. The van der Waals surface area contributed by atoms with Crippen molar-refractivity contribution in [2.24, 2.45) is 0 Å². The van der Waals surface area contributed by atoms with Crippen LogP contribution in [0.3, 0.4) is 0 Å². The van der Waals surface area contributed by atoms with E-state index in [1.54, 1.807) is 31.2 Å². The molecule has 0 aliphatic heterocycles. The third kappa shape index (κ3) is 4.10. The summed E-state index contributed by atoms with van der Waals surface area (Å²) in [6.07, 6.45) is 0.359. The lowest BCUT2D eigenvalue weighted by atomic mass is 10.2. The number of nitrogens with zero attached hydrogens (tertiary/aromatic N) is 1. The second-order valence-electron chi connectivity index (χ2n) is 4.94. The summed E-state index contributed by atoms with van der Waals surface area (Å²) in [5.74, 6) is 0.434. The van der Waals surface area contributed by atoms with Gasteiger partial charge in [0.05, 0.1) is 11.6 Å². The predicted molar refractivity (Wildman–Crippen MR) is 85.7 cm³/mol. The molecule has 1 atom stereocenters. The molecule has 0 radical (unpaired) electrons. The molecule has 0 aromatic heterocycles. The largest absolute Gasteiger partial charge is 0.481 e. The van der Waals surface area contributed by atoms with Crippen molar-refractivity contribution in [2.45, 2.75) is 26.4 Å². The summed E-state index contributed by atoms with van der Waals surface area (Å²) >= 11 is 0. The van der Waals surface area contributed by atoms with Gasteiger partial charge in [-0.05, 0) is 55.3 Å². The highest BCUT2D eigenvalue weighted by Crippen LogP contribution is 2.15. The molecule has 0 saturated heterocycles. The van der Waals surface area contributed by atoms with E-state index in [1.165, 1.54) is 5.56 Å². The molecule has 0 aliphatic rings. The molecule has 0 fully saturated rings. The molecule has 112 valence electrons. The van der Waals surface area contributed by atoms with Gasteiger partial charge in [-0.1, -0.05) is 19.1 Å². The van der Waals surface area contributed by atoms with Crippen LogP contribution in [0.4, 0.5) is 5.69 Å². The summed E-state index contributed by atoms with van der Waals surface area (Å²) in [6.45, 7) is 3.79. The first kappa shape index (κ1) is 15.6. The van der Waals surface area contributed by atoms with Gasteiger partial charge in [-0.25, -0.2) is 0 Å². The minimum absolute atomic E-state index is 0.232. The Balaban J connectivity index is 1.94. The highest BCUT2D eigenvalue weighted by atomic mass is 16.5. The van der Waals surface area contributed by atoms with Crippen LogP contribution in [0.5, 0.6) is 5.75 Å². The fraction of sp³-hybridized carbons (Fsp3) is 0.222. The Labute approximate surface area is 130 Å². The predicted octanol–water partition coefficient (Wildman–Crippen LogP) is 3.53. The van der Waals surface area contributed by atoms with Crippen molar-refractivity contribution in [1.29, 1.82) is 5.26 Å². The molecule has 4 heteroatoms. The van der Waals surface area contributed by atoms with Gasteiger partial charge < -0.3 is 10.1 Å². The van der Waals surface area contributed by atoms with Crippen LogP contribution in [0.25, 0.3) is 0 Å². The van der Waals surface area contributed by atoms with Crippen LogP contribution in [-0.4, -0.2) is 12.0 Å². The summed E-state index contributed by atoms with van der Waals surface area (Å²) in [5.41, 5.74) is 2.42. The molecule has 0 saturated carbocycles. The lowest BCUT2D eigenvalue weighted by Crippen LogP contribution is -2.30. The minimum atomic E-state index is -0.608. The van der Waals surface area contributed by atoms with Crippen molar-refractivity contribution >= 4 is 11.6 Å². The van der Waals surface area contributed by atoms with Gasteiger partial charge >= 0.3 is 0 Å². The van der Waals surface area contributed by atoms with Crippen LogP contribution in [-0.2, 0) is 11.2 Å². The number of benzene rings is 2. The average Bonchev–Trinajstić information content (AvgIpc) is 2.56. The first-order valence-electron chi connectivity index (χ1n) is 7.19. The maximum atomic E-state index is 12.1. The summed E-state index contributed by atoms with van der Waals surface area (Å²) in [6, 6.07) is 16.4. The highest BCUT2D eigenvalue weighted by Gasteiger charge is 2.14. The van der Waals surface area contributed by atoms with Gasteiger partial charge in [-0.2, -0.15) is 5.26 Å². The number of hydrogen-bond acceptors (Lipinski definition) is 3. The van der Waals surface area contributed by atoms with E-state index in [0.29, 0.717) is 17.0 Å². The molecule has 2 aromatic carbocycles. The van der Waals surface area contributed by atoms with Gasteiger partial charge in [0.1, 0.15) is 5.75 Å². The molecule has 1 amide bonds. The van der Waals surface area contributed by atoms with E-state index in [4.69, 9.17) is 10.00 Å². The van der Waals surface area contributed by atoms with Gasteiger partial charge in [0.2, 0.25) is 0 Å². The Bertz CT molecular complexity index is 670. The number of ether oxygens (including phenoxy) is 1. The normalized spacial score (nSPS) is 11.3. The number of hydrogen-bond donors (Lipinski definition) is 1. The summed E-state index contributed by atoms with van der Waals surface area (Å²) in [5, 5.41) is 11.5. The zero-order chi connectivity index (χ0) is 15.9. The van der Waals surface area contributed by atoms with Crippen molar-refractivity contribution in [3.63, 3.8) is 0 Å². The van der Waals surface area contributed by atoms with Crippen molar-refractivity contribution < 1.29 is 9.53 Å². The first-order valence-corrected chi connectivity index (χ1v) is 7.19. The van der Waals surface area contributed by atoms with Gasteiger partial charge in [0, 0.05) is 5.69 Å². The molecular formula is C18H18N2O2. The van der Waals surface area contributed by atoms with E-state index in [0.717, 1.165) is 6.42 Å². The molecule has 0 unspecified atom stereocenters. The van der Waals surface area contributed by atoms with Gasteiger partial charge in [0.25, 0.3) is 5.91 Å². The molecule has 1 N–H and O–H groups in total. The lowest BCUT2D eigenvalue weighted by Gasteiger charge is -2.15. The Morgan fingerprint density at radius 2 is 1.82 bits per heavy atom. The van der Waals surface area contributed by atoms with Crippen LogP contribution < -0.4 is 10.1 Å². The van der Waals surface area contributed by atoms with Gasteiger partial charge in [0.15, 0.2) is 6.10 Å². The number of aryl methyl sites for hydroxylation is 1. The standard InChI is InChI=1S/C18H18N2O2/c1-3-14-6-10-17(11-7-14)22-13(2)18(21)20-16-8-4-15(12-19)5-9-16/h4-11,13H,3H2,1-2H3,(H,20,21)/t13-/m1/s1. The Kier molecular flexibility index (Phi) is 5.16. The number of nitrogens with one attached hydrogen (secondary N) is 1. The fourth-order valence-corrected chi connectivity index (χ4v) is 1.93. The second-order valence-corrected chi connectivity index (χ2v) is 4.94. The zero-order valence-corrected chi connectivity index (χ0v) is 12.7. The maximum absolute atomic E-state index is 12.1. The number of carbonyl (C=O) groups is 1. The third-order valence-corrected chi connectivity index (χ3v) is 3.30. The number of amides is 1. The van der Waals surface area contributed by atoms with Crippen LogP contribution in [0.2, 0.25) is 0 Å². The second kappa shape index (κ2) is 7.28. The highest BCUT2D eigenvalue weighted by molar-refractivity contribution is 5.94. The molecule has 0 aliphatic carbocycles. The topological polar surface area (TPSA) is 62.1 Å². The third-order valence-electron chi connectivity index (χ3n) is 3.30. The molecule has 0 bridgehead atoms. The number of rotatable bonds is 5. The number of nitriles is 1. The van der Waals surface area contributed by atoms with Crippen molar-refractivity contribution in [3.05, 3.63) is 59.7 Å². The van der Waals surface area contributed by atoms with Crippen LogP contribution in [0, 0.1) is 11.3 Å². The van der Waals surface area contributed by atoms with E-state index in [-0.39, 0.29) is 5.91 Å². The molecule has 2 aromatic rings. The Morgan fingerprint density at radius 3 is 2.36 bits per heavy atom. The van der Waals surface area contributed by atoms with E-state index in [2.05, 4.69) is 12.2 Å². The average molecular weight is 294 g/mol. The summed E-state index contributed by atoms with van der Waals surface area (Å²) in [7, 11) is 0. The van der Waals surface area contributed by atoms with E-state index in [9.17, 15) is 4.79 Å². The molecule has 0 spiro atoms. The summed E-state index contributed by atoms with van der Waals surface area (Å²) < 4.78 is 5.63. The van der Waals surface area contributed by atoms with E-state index >= 15 is 0 Å². The smallest absolute Gasteiger partial charge is 0.265 e. The van der Waals surface area contributed by atoms with Gasteiger partial charge in [-0.3, -0.25) is 4.79 Å². The van der Waals surface area contributed by atoms with Crippen LogP contribution in [0.15, 0.2) is 48.5 Å². The first-order chi connectivity index (χ1) is 10.6. The minimum Gasteiger partial charge on any atom is -0.481 e. The van der Waals surface area contributed by atoms with E-state index < -0.39 is 6.10 Å².